The zero-order chi connectivity index (χ0) is 13.1. The van der Waals surface area contributed by atoms with Crippen LogP contribution in [0.15, 0.2) is 0 Å². The van der Waals surface area contributed by atoms with Gasteiger partial charge in [0.15, 0.2) is 0 Å². The van der Waals surface area contributed by atoms with Gasteiger partial charge in [-0.25, -0.2) is 0 Å². The lowest BCUT2D eigenvalue weighted by Gasteiger charge is -2.10. The molecule has 1 N–H and O–H groups in total. The van der Waals surface area contributed by atoms with Gasteiger partial charge >= 0.3 is 5.97 Å². The molecule has 1 unspecified atom stereocenters. The maximum absolute atomic E-state index is 11.7. The van der Waals surface area contributed by atoms with E-state index < -0.39 is 11.9 Å². The van der Waals surface area contributed by atoms with Gasteiger partial charge in [-0.2, -0.15) is 0 Å². The van der Waals surface area contributed by atoms with Gasteiger partial charge in [0.25, 0.3) is 0 Å². The van der Waals surface area contributed by atoms with E-state index in [9.17, 15) is 9.59 Å². The van der Waals surface area contributed by atoms with E-state index in [1.807, 2.05) is 0 Å². The van der Waals surface area contributed by atoms with E-state index in [0.29, 0.717) is 12.8 Å². The number of carboxylic acid groups (broad SMARTS) is 1. The highest BCUT2D eigenvalue weighted by Gasteiger charge is 2.24. The second-order valence-corrected chi connectivity index (χ2v) is 4.66. The molecular formula is C14H26O3. The lowest BCUT2D eigenvalue weighted by atomic mass is 9.93. The molecule has 0 aliphatic carbocycles. The van der Waals surface area contributed by atoms with Crippen LogP contribution < -0.4 is 0 Å². The van der Waals surface area contributed by atoms with Gasteiger partial charge in [0.2, 0.25) is 0 Å². The second kappa shape index (κ2) is 10.3. The summed E-state index contributed by atoms with van der Waals surface area (Å²) in [4.78, 5) is 22.8. The van der Waals surface area contributed by atoms with Gasteiger partial charge in [0, 0.05) is 6.42 Å². The van der Waals surface area contributed by atoms with E-state index >= 15 is 0 Å². The number of carbonyl (C=O) groups excluding carboxylic acids is 1. The number of ketones is 1. The van der Waals surface area contributed by atoms with Crippen molar-refractivity contribution < 1.29 is 14.7 Å². The van der Waals surface area contributed by atoms with Crippen molar-refractivity contribution >= 4 is 11.8 Å². The van der Waals surface area contributed by atoms with Crippen molar-refractivity contribution in [3.05, 3.63) is 0 Å². The van der Waals surface area contributed by atoms with E-state index in [4.69, 9.17) is 5.11 Å². The van der Waals surface area contributed by atoms with E-state index in [1.165, 1.54) is 0 Å². The normalized spacial score (nSPS) is 12.4. The Morgan fingerprint density at radius 1 is 0.941 bits per heavy atom. The van der Waals surface area contributed by atoms with Crippen molar-refractivity contribution in [2.24, 2.45) is 5.92 Å². The van der Waals surface area contributed by atoms with Gasteiger partial charge in [0.05, 0.1) is 0 Å². The van der Waals surface area contributed by atoms with Crippen LogP contribution in [0.5, 0.6) is 0 Å². The molecule has 17 heavy (non-hydrogen) atoms. The molecule has 0 radical (unpaired) electrons. The van der Waals surface area contributed by atoms with Crippen molar-refractivity contribution in [1.29, 1.82) is 0 Å². The summed E-state index contributed by atoms with van der Waals surface area (Å²) in [6.07, 6.45) is 7.97. The average Bonchev–Trinajstić information content (AvgIpc) is 2.28. The van der Waals surface area contributed by atoms with Crippen LogP contribution in [0.4, 0.5) is 0 Å². The van der Waals surface area contributed by atoms with Gasteiger partial charge in [-0.05, 0) is 12.8 Å². The predicted octanol–water partition coefficient (Wildman–Crippen LogP) is 3.81. The van der Waals surface area contributed by atoms with Crippen LogP contribution in [0.2, 0.25) is 0 Å². The molecule has 0 amide bonds. The Morgan fingerprint density at radius 3 is 2.06 bits per heavy atom. The van der Waals surface area contributed by atoms with E-state index in [-0.39, 0.29) is 5.78 Å². The monoisotopic (exact) mass is 242 g/mol. The molecule has 0 aliphatic rings. The summed E-state index contributed by atoms with van der Waals surface area (Å²) in [5, 5.41) is 9.04. The number of unbranched alkanes of at least 4 members (excludes halogenated alkanes) is 5. The minimum absolute atomic E-state index is 0.0811. The lowest BCUT2D eigenvalue weighted by Crippen LogP contribution is -2.23. The molecule has 0 rings (SSSR count). The first-order valence-electron chi connectivity index (χ1n) is 6.89. The maximum atomic E-state index is 11.7. The third kappa shape index (κ3) is 7.94. The van der Waals surface area contributed by atoms with Crippen LogP contribution in [0.1, 0.15) is 71.6 Å². The molecule has 0 saturated carbocycles. The molecule has 0 aromatic heterocycles. The van der Waals surface area contributed by atoms with Crippen LogP contribution in [0, 0.1) is 5.92 Å². The molecule has 0 aliphatic heterocycles. The van der Waals surface area contributed by atoms with Crippen LogP contribution in [-0.4, -0.2) is 16.9 Å². The van der Waals surface area contributed by atoms with Crippen molar-refractivity contribution in [3.63, 3.8) is 0 Å². The number of Topliss-reactive ketones (excluding diaryl/α,β-unsaturated/α-hetero) is 1. The van der Waals surface area contributed by atoms with Gasteiger partial charge in [-0.1, -0.05) is 52.4 Å². The van der Waals surface area contributed by atoms with Gasteiger partial charge < -0.3 is 5.11 Å². The third-order valence-electron chi connectivity index (χ3n) is 3.06. The molecule has 3 nitrogen and oxygen atoms in total. The molecule has 0 spiro atoms. The highest BCUT2D eigenvalue weighted by atomic mass is 16.4. The minimum Gasteiger partial charge on any atom is -0.481 e. The van der Waals surface area contributed by atoms with Gasteiger partial charge in [0.1, 0.15) is 11.7 Å². The number of hydrogen-bond donors (Lipinski definition) is 1. The van der Waals surface area contributed by atoms with E-state index in [2.05, 4.69) is 13.8 Å². The molecular weight excluding hydrogens is 216 g/mol. The highest BCUT2D eigenvalue weighted by molar-refractivity contribution is 5.98. The van der Waals surface area contributed by atoms with E-state index in [1.54, 1.807) is 0 Å². The quantitative estimate of drug-likeness (QED) is 0.443. The zero-order valence-corrected chi connectivity index (χ0v) is 11.2. The number of carboxylic acids is 1. The predicted molar refractivity (Wildman–Crippen MR) is 69.0 cm³/mol. The van der Waals surface area contributed by atoms with Crippen molar-refractivity contribution in [3.8, 4) is 0 Å². The Bertz CT molecular complexity index is 224. The van der Waals surface area contributed by atoms with Gasteiger partial charge in [-0.3, -0.25) is 9.59 Å². The Labute approximate surface area is 105 Å². The Kier molecular flexibility index (Phi) is 9.78. The van der Waals surface area contributed by atoms with Crippen LogP contribution >= 0.6 is 0 Å². The fourth-order valence-corrected chi connectivity index (χ4v) is 1.92. The van der Waals surface area contributed by atoms with Crippen molar-refractivity contribution in [2.45, 2.75) is 71.6 Å². The highest BCUT2D eigenvalue weighted by Crippen LogP contribution is 2.15. The fourth-order valence-electron chi connectivity index (χ4n) is 1.92. The number of carbonyl (C=O) groups is 2. The maximum Gasteiger partial charge on any atom is 0.314 e. The Balaban J connectivity index is 3.95. The standard InChI is InChI=1S/C14H26O3/c1-3-5-7-9-10-12(14(16)17)13(15)11-8-6-4-2/h12H,3-11H2,1-2H3,(H,16,17). The largest absolute Gasteiger partial charge is 0.481 e. The summed E-state index contributed by atoms with van der Waals surface area (Å²) < 4.78 is 0. The lowest BCUT2D eigenvalue weighted by molar-refractivity contribution is -0.146. The number of hydrogen-bond acceptors (Lipinski definition) is 2. The molecule has 0 aromatic rings. The second-order valence-electron chi connectivity index (χ2n) is 4.66. The summed E-state index contributed by atoms with van der Waals surface area (Å²) in [6.45, 7) is 4.19. The molecule has 0 aromatic carbocycles. The molecule has 0 fully saturated rings. The number of aliphatic carboxylic acids is 1. The summed E-state index contributed by atoms with van der Waals surface area (Å²) in [5.41, 5.74) is 0. The summed E-state index contributed by atoms with van der Waals surface area (Å²) in [7, 11) is 0. The first-order valence-corrected chi connectivity index (χ1v) is 6.89. The van der Waals surface area contributed by atoms with Crippen LogP contribution in [-0.2, 0) is 9.59 Å². The SMILES string of the molecule is CCCCCCC(C(=O)O)C(=O)CCCCC. The molecule has 3 heteroatoms. The van der Waals surface area contributed by atoms with Crippen molar-refractivity contribution in [2.75, 3.05) is 0 Å². The molecule has 0 saturated heterocycles. The summed E-state index contributed by atoms with van der Waals surface area (Å²) in [5.74, 6) is -1.78. The van der Waals surface area contributed by atoms with E-state index in [0.717, 1.165) is 44.9 Å². The van der Waals surface area contributed by atoms with Crippen LogP contribution in [0.3, 0.4) is 0 Å². The first kappa shape index (κ1) is 16.1. The molecule has 100 valence electrons. The van der Waals surface area contributed by atoms with Gasteiger partial charge in [-0.15, -0.1) is 0 Å². The zero-order valence-electron chi connectivity index (χ0n) is 11.2. The number of rotatable bonds is 11. The smallest absolute Gasteiger partial charge is 0.314 e. The summed E-state index contributed by atoms with van der Waals surface area (Å²) >= 11 is 0. The first-order chi connectivity index (χ1) is 8.13. The van der Waals surface area contributed by atoms with Crippen LogP contribution in [0.25, 0.3) is 0 Å². The molecule has 0 heterocycles. The Morgan fingerprint density at radius 2 is 1.53 bits per heavy atom. The molecule has 0 bridgehead atoms. The molecule has 1 atom stereocenters. The average molecular weight is 242 g/mol. The third-order valence-corrected chi connectivity index (χ3v) is 3.06. The Hall–Kier alpha value is -0.860. The summed E-state index contributed by atoms with van der Waals surface area (Å²) in [6, 6.07) is 0. The minimum atomic E-state index is -0.942. The topological polar surface area (TPSA) is 54.4 Å². The van der Waals surface area contributed by atoms with Crippen molar-refractivity contribution in [1.82, 2.24) is 0 Å². The fraction of sp³-hybridized carbons (Fsp3) is 0.857.